The fraction of sp³-hybridized carbons (Fsp3) is 0.381. The van der Waals surface area contributed by atoms with Crippen LogP contribution in [0, 0.1) is 5.82 Å². The molecule has 8 heteroatoms. The Balaban J connectivity index is 1.58. The van der Waals surface area contributed by atoms with Gasteiger partial charge in [0.25, 0.3) is 0 Å². The van der Waals surface area contributed by atoms with Gasteiger partial charge < -0.3 is 4.90 Å². The van der Waals surface area contributed by atoms with Gasteiger partial charge in [-0.05, 0) is 36.8 Å². The van der Waals surface area contributed by atoms with Crippen LogP contribution in [0.5, 0.6) is 0 Å². The molecule has 1 amide bonds. The van der Waals surface area contributed by atoms with E-state index in [-0.39, 0.29) is 16.8 Å². The van der Waals surface area contributed by atoms with Gasteiger partial charge in [0, 0.05) is 39.8 Å². The predicted molar refractivity (Wildman–Crippen MR) is 109 cm³/mol. The van der Waals surface area contributed by atoms with Crippen molar-refractivity contribution in [2.45, 2.75) is 24.4 Å². The van der Waals surface area contributed by atoms with Gasteiger partial charge in [-0.1, -0.05) is 30.3 Å². The third-order valence-electron chi connectivity index (χ3n) is 5.27. The third-order valence-corrected chi connectivity index (χ3v) is 7.18. The molecule has 1 aliphatic heterocycles. The number of piperazine rings is 1. The second-order valence-electron chi connectivity index (χ2n) is 7.25. The van der Waals surface area contributed by atoms with Crippen molar-refractivity contribution in [1.82, 2.24) is 14.1 Å². The highest BCUT2D eigenvalue weighted by Crippen LogP contribution is 2.19. The summed E-state index contributed by atoms with van der Waals surface area (Å²) in [5.74, 6) is -0.468. The number of hydrogen-bond acceptors (Lipinski definition) is 4. The minimum atomic E-state index is -3.66. The lowest BCUT2D eigenvalue weighted by Gasteiger charge is -2.37. The quantitative estimate of drug-likeness (QED) is 0.720. The van der Waals surface area contributed by atoms with E-state index in [1.165, 1.54) is 16.4 Å². The monoisotopic (exact) mass is 419 g/mol. The molecule has 1 fully saturated rings. The van der Waals surface area contributed by atoms with Crippen molar-refractivity contribution >= 4 is 15.9 Å². The molecule has 0 aromatic heterocycles. The summed E-state index contributed by atoms with van der Waals surface area (Å²) >= 11 is 0. The molecular weight excluding hydrogens is 393 g/mol. The maximum absolute atomic E-state index is 13.1. The summed E-state index contributed by atoms with van der Waals surface area (Å²) in [6.45, 7) is 3.90. The van der Waals surface area contributed by atoms with Crippen molar-refractivity contribution in [2.24, 2.45) is 0 Å². The molecule has 0 unspecified atom stereocenters. The van der Waals surface area contributed by atoms with Crippen molar-refractivity contribution in [3.8, 4) is 0 Å². The molecule has 29 heavy (non-hydrogen) atoms. The summed E-state index contributed by atoms with van der Waals surface area (Å²) in [7, 11) is -1.88. The van der Waals surface area contributed by atoms with Crippen LogP contribution in [0.25, 0.3) is 0 Å². The van der Waals surface area contributed by atoms with E-state index < -0.39 is 15.8 Å². The van der Waals surface area contributed by atoms with Gasteiger partial charge in [-0.15, -0.1) is 0 Å². The van der Waals surface area contributed by atoms with Crippen molar-refractivity contribution in [3.05, 3.63) is 66.0 Å². The molecule has 0 N–H and O–H groups in total. The van der Waals surface area contributed by atoms with Crippen LogP contribution in [0.15, 0.2) is 59.5 Å². The topological polar surface area (TPSA) is 60.9 Å². The van der Waals surface area contributed by atoms with Gasteiger partial charge in [-0.3, -0.25) is 9.69 Å². The highest BCUT2D eigenvalue weighted by molar-refractivity contribution is 7.89. The number of halogens is 1. The van der Waals surface area contributed by atoms with E-state index in [1.54, 1.807) is 11.9 Å². The highest BCUT2D eigenvalue weighted by Gasteiger charge is 2.32. The minimum Gasteiger partial charge on any atom is -0.340 e. The molecule has 1 aliphatic rings. The second-order valence-corrected chi connectivity index (χ2v) is 9.19. The minimum absolute atomic E-state index is 0.00342. The number of rotatable bonds is 6. The number of carbonyl (C=O) groups excluding carboxylic acids is 1. The first-order chi connectivity index (χ1) is 13.8. The van der Waals surface area contributed by atoms with E-state index >= 15 is 0 Å². The molecular formula is C21H26FN3O3S. The lowest BCUT2D eigenvalue weighted by Crippen LogP contribution is -2.54. The molecule has 6 nitrogen and oxygen atoms in total. The lowest BCUT2D eigenvalue weighted by atomic mass is 10.2. The summed E-state index contributed by atoms with van der Waals surface area (Å²) in [6.07, 6.45) is 0. The molecule has 0 radical (unpaired) electrons. The number of hydrogen-bond donors (Lipinski definition) is 0. The fourth-order valence-corrected chi connectivity index (χ4v) is 4.92. The van der Waals surface area contributed by atoms with E-state index in [0.717, 1.165) is 17.7 Å². The van der Waals surface area contributed by atoms with Crippen LogP contribution in [0.1, 0.15) is 12.5 Å². The molecule has 2 aromatic rings. The average molecular weight is 420 g/mol. The number of sulfonamides is 1. The molecule has 156 valence electrons. The Kier molecular flexibility index (Phi) is 6.66. The molecule has 1 saturated heterocycles. The zero-order valence-electron chi connectivity index (χ0n) is 16.7. The van der Waals surface area contributed by atoms with Crippen LogP contribution in [-0.4, -0.2) is 67.7 Å². The zero-order valence-corrected chi connectivity index (χ0v) is 17.5. The average Bonchev–Trinajstić information content (AvgIpc) is 2.73. The lowest BCUT2D eigenvalue weighted by molar-refractivity contribution is -0.136. The van der Waals surface area contributed by atoms with E-state index in [1.807, 2.05) is 42.2 Å². The summed E-state index contributed by atoms with van der Waals surface area (Å²) in [5.41, 5.74) is 1.06. The van der Waals surface area contributed by atoms with E-state index in [0.29, 0.717) is 32.7 Å². The molecule has 0 saturated carbocycles. The van der Waals surface area contributed by atoms with Gasteiger partial charge >= 0.3 is 0 Å². The first-order valence-electron chi connectivity index (χ1n) is 9.57. The van der Waals surface area contributed by atoms with E-state index in [9.17, 15) is 17.6 Å². The van der Waals surface area contributed by atoms with Gasteiger partial charge in [0.15, 0.2) is 0 Å². The molecule has 3 rings (SSSR count). The first kappa shape index (κ1) is 21.4. The van der Waals surface area contributed by atoms with Crippen LogP contribution in [0.2, 0.25) is 0 Å². The molecule has 0 bridgehead atoms. The highest BCUT2D eigenvalue weighted by atomic mass is 32.2. The van der Waals surface area contributed by atoms with Crippen molar-refractivity contribution < 1.29 is 17.6 Å². The van der Waals surface area contributed by atoms with Crippen LogP contribution in [0.4, 0.5) is 4.39 Å². The van der Waals surface area contributed by atoms with E-state index in [4.69, 9.17) is 0 Å². The Bertz CT molecular complexity index is 927. The van der Waals surface area contributed by atoms with Gasteiger partial charge in [0.2, 0.25) is 15.9 Å². The standard InChI is InChI=1S/C21H26FN3O3S/c1-17(21(26)23(2)16-18-6-4-3-5-7-18)24-12-14-25(15-13-24)29(27,28)20-10-8-19(22)9-11-20/h3-11,17H,12-16H2,1-2H3/t17-/m1/s1. The fourth-order valence-electron chi connectivity index (χ4n) is 3.50. The van der Waals surface area contributed by atoms with Crippen molar-refractivity contribution in [3.63, 3.8) is 0 Å². The number of likely N-dealkylation sites (N-methyl/N-ethyl adjacent to an activating group) is 1. The van der Waals surface area contributed by atoms with Crippen LogP contribution >= 0.6 is 0 Å². The normalized spacial score (nSPS) is 17.1. The Morgan fingerprint density at radius 1 is 1.03 bits per heavy atom. The maximum atomic E-state index is 13.1. The maximum Gasteiger partial charge on any atom is 0.243 e. The summed E-state index contributed by atoms with van der Waals surface area (Å²) in [6, 6.07) is 14.3. The van der Waals surface area contributed by atoms with Crippen LogP contribution in [-0.2, 0) is 21.4 Å². The SMILES string of the molecule is C[C@H](C(=O)N(C)Cc1ccccc1)N1CCN(S(=O)(=O)c2ccc(F)cc2)CC1. The van der Waals surface area contributed by atoms with Crippen molar-refractivity contribution in [2.75, 3.05) is 33.2 Å². The summed E-state index contributed by atoms with van der Waals surface area (Å²) < 4.78 is 39.9. The van der Waals surface area contributed by atoms with Gasteiger partial charge in [0.05, 0.1) is 10.9 Å². The van der Waals surface area contributed by atoms with Crippen molar-refractivity contribution in [1.29, 1.82) is 0 Å². The third kappa shape index (κ3) is 5.01. The Morgan fingerprint density at radius 2 is 1.62 bits per heavy atom. The van der Waals surface area contributed by atoms with E-state index in [2.05, 4.69) is 0 Å². The number of benzene rings is 2. The molecule has 0 aliphatic carbocycles. The Hall–Kier alpha value is -2.29. The second kappa shape index (κ2) is 9.02. The number of carbonyl (C=O) groups is 1. The Labute approximate surface area is 171 Å². The number of nitrogens with zero attached hydrogens (tertiary/aromatic N) is 3. The predicted octanol–water partition coefficient (Wildman–Crippen LogP) is 2.18. The van der Waals surface area contributed by atoms with Gasteiger partial charge in [-0.2, -0.15) is 4.31 Å². The Morgan fingerprint density at radius 3 is 2.21 bits per heavy atom. The summed E-state index contributed by atoms with van der Waals surface area (Å²) in [4.78, 5) is 16.6. The first-order valence-corrected chi connectivity index (χ1v) is 11.0. The zero-order chi connectivity index (χ0) is 21.0. The van der Waals surface area contributed by atoms with Crippen LogP contribution in [0.3, 0.4) is 0 Å². The smallest absolute Gasteiger partial charge is 0.243 e. The number of amides is 1. The van der Waals surface area contributed by atoms with Gasteiger partial charge in [-0.25, -0.2) is 12.8 Å². The van der Waals surface area contributed by atoms with Gasteiger partial charge in [0.1, 0.15) is 5.82 Å². The molecule has 1 heterocycles. The molecule has 0 spiro atoms. The largest absolute Gasteiger partial charge is 0.340 e. The molecule has 1 atom stereocenters. The molecule has 2 aromatic carbocycles. The summed E-state index contributed by atoms with van der Waals surface area (Å²) in [5, 5.41) is 0. The van der Waals surface area contributed by atoms with Crippen LogP contribution < -0.4 is 0 Å².